The summed E-state index contributed by atoms with van der Waals surface area (Å²) in [6.07, 6.45) is 6.14. The molecule has 0 heterocycles. The fourth-order valence-corrected chi connectivity index (χ4v) is 4.77. The molecule has 0 bridgehead atoms. The van der Waals surface area contributed by atoms with Crippen molar-refractivity contribution in [3.05, 3.63) is 0 Å². The summed E-state index contributed by atoms with van der Waals surface area (Å²) in [5.74, 6) is 1.02. The summed E-state index contributed by atoms with van der Waals surface area (Å²) in [4.78, 5) is 0. The number of hydrogen-bond donors (Lipinski definition) is 0. The van der Waals surface area contributed by atoms with E-state index in [0.29, 0.717) is 4.12 Å². The summed E-state index contributed by atoms with van der Waals surface area (Å²) in [5.41, 5.74) is 1.72. The third-order valence-electron chi connectivity index (χ3n) is 4.28. The lowest BCUT2D eigenvalue weighted by Gasteiger charge is -2.15. The molecular formula is C8H13B2Br. The van der Waals surface area contributed by atoms with E-state index in [4.69, 9.17) is 0 Å². The highest BCUT2D eigenvalue weighted by Gasteiger charge is 2.88. The molecule has 2 spiro atoms. The molecule has 0 unspecified atom stereocenters. The maximum absolute atomic E-state index is 3.84. The maximum Gasteiger partial charge on any atom is 0.113 e. The Morgan fingerprint density at radius 1 is 1.09 bits per heavy atom. The number of halogens is 1. The van der Waals surface area contributed by atoms with Gasteiger partial charge in [0, 0.05) is 0 Å². The van der Waals surface area contributed by atoms with E-state index in [2.05, 4.69) is 31.6 Å². The zero-order valence-corrected chi connectivity index (χ0v) is 8.87. The van der Waals surface area contributed by atoms with E-state index in [0.717, 1.165) is 16.7 Å². The molecular weight excluding hydrogens is 198 g/mol. The monoisotopic (exact) mass is 210 g/mol. The van der Waals surface area contributed by atoms with E-state index in [1.165, 1.54) is 25.7 Å². The quantitative estimate of drug-likeness (QED) is 0.437. The molecule has 3 saturated carbocycles. The highest BCUT2D eigenvalue weighted by Crippen LogP contribution is 2.94. The molecule has 0 aromatic carbocycles. The molecule has 3 aliphatic carbocycles. The second kappa shape index (κ2) is 1.49. The normalized spacial score (nSPS) is 41.0. The van der Waals surface area contributed by atoms with E-state index in [-0.39, 0.29) is 0 Å². The van der Waals surface area contributed by atoms with Crippen molar-refractivity contribution in [1.82, 2.24) is 0 Å². The summed E-state index contributed by atoms with van der Waals surface area (Å²) >= 11 is 3.84. The lowest BCUT2D eigenvalue weighted by atomic mass is 9.66. The smallest absolute Gasteiger partial charge is 0.104 e. The van der Waals surface area contributed by atoms with Gasteiger partial charge in [0.05, 0.1) is 0 Å². The molecule has 0 aromatic rings. The fraction of sp³-hybridized carbons (Fsp3) is 1.00. The minimum atomic E-state index is 0.417. The molecule has 0 saturated heterocycles. The van der Waals surface area contributed by atoms with Crippen molar-refractivity contribution in [2.75, 3.05) is 0 Å². The van der Waals surface area contributed by atoms with Crippen LogP contribution in [-0.4, -0.2) is 19.8 Å². The SMILES string of the molecule is BC(B)(Br)C1C2(CC2)C12CC2. The first kappa shape index (κ1) is 7.06. The second-order valence-corrected chi connectivity index (χ2v) is 7.35. The second-order valence-electron chi connectivity index (χ2n) is 5.31. The Balaban J connectivity index is 1.93. The Morgan fingerprint density at radius 3 is 1.55 bits per heavy atom. The topological polar surface area (TPSA) is 0 Å². The third-order valence-corrected chi connectivity index (χ3v) is 4.74. The van der Waals surface area contributed by atoms with E-state index in [9.17, 15) is 0 Å². The molecule has 3 aliphatic rings. The molecule has 0 aromatic heterocycles. The summed E-state index contributed by atoms with van der Waals surface area (Å²) in [6.45, 7) is 0. The average molecular weight is 211 g/mol. The molecule has 3 rings (SSSR count). The van der Waals surface area contributed by atoms with Gasteiger partial charge < -0.3 is 0 Å². The van der Waals surface area contributed by atoms with Crippen LogP contribution in [0.5, 0.6) is 0 Å². The average Bonchev–Trinajstić information content (AvgIpc) is 2.58. The van der Waals surface area contributed by atoms with Gasteiger partial charge in [-0.25, -0.2) is 0 Å². The summed E-state index contributed by atoms with van der Waals surface area (Å²) < 4.78 is 0.417. The molecule has 3 heteroatoms. The molecule has 0 atom stereocenters. The van der Waals surface area contributed by atoms with Gasteiger partial charge in [0.15, 0.2) is 0 Å². The van der Waals surface area contributed by atoms with Crippen molar-refractivity contribution in [2.45, 2.75) is 29.8 Å². The highest BCUT2D eigenvalue weighted by molar-refractivity contribution is 9.11. The van der Waals surface area contributed by atoms with Gasteiger partial charge >= 0.3 is 0 Å². The first-order valence-electron chi connectivity index (χ1n) is 4.72. The van der Waals surface area contributed by atoms with Gasteiger partial charge in [0.2, 0.25) is 0 Å². The van der Waals surface area contributed by atoms with Crippen LogP contribution in [0.4, 0.5) is 0 Å². The van der Waals surface area contributed by atoms with Crippen LogP contribution in [0.1, 0.15) is 25.7 Å². The van der Waals surface area contributed by atoms with Crippen LogP contribution >= 0.6 is 15.9 Å². The summed E-state index contributed by atoms with van der Waals surface area (Å²) in [7, 11) is 4.70. The summed E-state index contributed by atoms with van der Waals surface area (Å²) in [5, 5.41) is 0. The third kappa shape index (κ3) is 0.620. The highest BCUT2D eigenvalue weighted by atomic mass is 79.9. The fourth-order valence-electron chi connectivity index (χ4n) is 3.90. The van der Waals surface area contributed by atoms with Crippen molar-refractivity contribution < 1.29 is 0 Å². The van der Waals surface area contributed by atoms with Crippen molar-refractivity contribution in [2.24, 2.45) is 16.7 Å². The zero-order valence-electron chi connectivity index (χ0n) is 7.28. The first-order chi connectivity index (χ1) is 5.03. The minimum absolute atomic E-state index is 0.417. The van der Waals surface area contributed by atoms with E-state index in [1.807, 2.05) is 0 Å². The Bertz CT molecular complexity index is 205. The molecule has 0 N–H and O–H groups in total. The van der Waals surface area contributed by atoms with Crippen molar-refractivity contribution in [3.8, 4) is 0 Å². The van der Waals surface area contributed by atoms with Crippen molar-refractivity contribution in [1.29, 1.82) is 0 Å². The number of rotatable bonds is 1. The van der Waals surface area contributed by atoms with E-state index in [1.54, 1.807) is 0 Å². The van der Waals surface area contributed by atoms with E-state index >= 15 is 0 Å². The Labute approximate surface area is 78.4 Å². The van der Waals surface area contributed by atoms with Crippen molar-refractivity contribution in [3.63, 3.8) is 0 Å². The maximum atomic E-state index is 3.84. The van der Waals surface area contributed by atoms with Gasteiger partial charge in [0.25, 0.3) is 0 Å². The van der Waals surface area contributed by atoms with Crippen LogP contribution in [0.15, 0.2) is 0 Å². The van der Waals surface area contributed by atoms with Gasteiger partial charge in [-0.3, -0.25) is 0 Å². The van der Waals surface area contributed by atoms with Gasteiger partial charge in [-0.15, -0.1) is 15.9 Å². The van der Waals surface area contributed by atoms with Gasteiger partial charge in [-0.2, -0.15) is 0 Å². The number of hydrogen-bond acceptors (Lipinski definition) is 0. The van der Waals surface area contributed by atoms with Crippen LogP contribution in [0.2, 0.25) is 0 Å². The standard InChI is InChI=1S/C8H13B2Br/c9-8(10,11)5-6(1-2-6)7(5)3-4-7/h5H,1-4,9-10H2. The predicted molar refractivity (Wildman–Crippen MR) is 55.6 cm³/mol. The minimum Gasteiger partial charge on any atom is -0.104 e. The van der Waals surface area contributed by atoms with Gasteiger partial charge in [-0.05, 0) is 46.6 Å². The van der Waals surface area contributed by atoms with Crippen molar-refractivity contribution >= 4 is 31.6 Å². The van der Waals surface area contributed by atoms with Crippen LogP contribution in [-0.2, 0) is 0 Å². The van der Waals surface area contributed by atoms with Crippen LogP contribution in [0.25, 0.3) is 0 Å². The van der Waals surface area contributed by atoms with Crippen LogP contribution in [0.3, 0.4) is 0 Å². The molecule has 3 fully saturated rings. The lowest BCUT2D eigenvalue weighted by Crippen LogP contribution is -2.26. The number of alkyl halides is 1. The molecule has 0 aliphatic heterocycles. The Kier molecular flexibility index (Phi) is 0.958. The van der Waals surface area contributed by atoms with Gasteiger partial charge in [0.1, 0.15) is 15.7 Å². The number of fused-ring (bicyclic) bond motifs is 1. The van der Waals surface area contributed by atoms with Crippen LogP contribution < -0.4 is 0 Å². The Hall–Kier alpha value is 0.610. The summed E-state index contributed by atoms with van der Waals surface area (Å²) in [6, 6.07) is 0. The largest absolute Gasteiger partial charge is 0.113 e. The van der Waals surface area contributed by atoms with Gasteiger partial charge in [-0.1, -0.05) is 0 Å². The molecule has 11 heavy (non-hydrogen) atoms. The lowest BCUT2D eigenvalue weighted by molar-refractivity contribution is 0.716. The predicted octanol–water partition coefficient (Wildman–Crippen LogP) is 0.491. The van der Waals surface area contributed by atoms with Crippen LogP contribution in [0, 0.1) is 16.7 Å². The Morgan fingerprint density at radius 2 is 1.45 bits per heavy atom. The molecule has 0 amide bonds. The molecule has 0 radical (unpaired) electrons. The molecule has 58 valence electrons. The zero-order chi connectivity index (χ0) is 7.91. The molecule has 0 nitrogen and oxygen atoms in total. The van der Waals surface area contributed by atoms with E-state index < -0.39 is 0 Å². The first-order valence-corrected chi connectivity index (χ1v) is 5.51.